The highest BCUT2D eigenvalue weighted by Gasteiger charge is 2.15. The molecular formula is C17H18FN3O2. The van der Waals surface area contributed by atoms with E-state index in [2.05, 4.69) is 5.32 Å². The van der Waals surface area contributed by atoms with Gasteiger partial charge in [0.15, 0.2) is 0 Å². The summed E-state index contributed by atoms with van der Waals surface area (Å²) < 4.78 is 13.2. The first-order chi connectivity index (χ1) is 11.0. The van der Waals surface area contributed by atoms with Crippen molar-refractivity contribution in [3.8, 4) is 0 Å². The van der Waals surface area contributed by atoms with Crippen molar-refractivity contribution in [1.29, 1.82) is 0 Å². The average molecular weight is 315 g/mol. The summed E-state index contributed by atoms with van der Waals surface area (Å²) in [5, 5.41) is 2.43. The van der Waals surface area contributed by atoms with Crippen LogP contribution >= 0.6 is 0 Å². The van der Waals surface area contributed by atoms with Gasteiger partial charge in [-0.05, 0) is 48.9 Å². The molecule has 2 aromatic carbocycles. The SMILES string of the molecule is CCN(Cc1cccc(F)c1)C(=O)c1ccc(NC(N)=O)cc1. The number of carbonyl (C=O) groups excluding carboxylic acids is 2. The quantitative estimate of drug-likeness (QED) is 0.890. The molecule has 0 heterocycles. The highest BCUT2D eigenvalue weighted by atomic mass is 19.1. The lowest BCUT2D eigenvalue weighted by Gasteiger charge is -2.21. The highest BCUT2D eigenvalue weighted by molar-refractivity contribution is 5.95. The minimum absolute atomic E-state index is 0.164. The van der Waals surface area contributed by atoms with Crippen LogP contribution in [0.4, 0.5) is 14.9 Å². The van der Waals surface area contributed by atoms with Crippen LogP contribution in [-0.4, -0.2) is 23.4 Å². The van der Waals surface area contributed by atoms with E-state index in [1.165, 1.54) is 12.1 Å². The first-order valence-electron chi connectivity index (χ1n) is 7.20. The number of urea groups is 1. The molecule has 23 heavy (non-hydrogen) atoms. The third-order valence-corrected chi connectivity index (χ3v) is 3.33. The van der Waals surface area contributed by atoms with Gasteiger partial charge >= 0.3 is 6.03 Å². The lowest BCUT2D eigenvalue weighted by atomic mass is 10.1. The van der Waals surface area contributed by atoms with Gasteiger partial charge < -0.3 is 16.0 Å². The Kier molecular flexibility index (Phi) is 5.30. The number of primary amides is 1. The van der Waals surface area contributed by atoms with Gasteiger partial charge in [-0.25, -0.2) is 9.18 Å². The van der Waals surface area contributed by atoms with Crippen LogP contribution in [0.1, 0.15) is 22.8 Å². The number of benzene rings is 2. The fourth-order valence-electron chi connectivity index (χ4n) is 2.20. The second-order valence-corrected chi connectivity index (χ2v) is 5.02. The van der Waals surface area contributed by atoms with E-state index in [-0.39, 0.29) is 11.7 Å². The molecule has 0 aliphatic carbocycles. The van der Waals surface area contributed by atoms with Crippen LogP contribution in [0.2, 0.25) is 0 Å². The minimum Gasteiger partial charge on any atom is -0.351 e. The summed E-state index contributed by atoms with van der Waals surface area (Å²) in [5.41, 5.74) is 6.76. The van der Waals surface area contributed by atoms with Gasteiger partial charge in [-0.2, -0.15) is 0 Å². The van der Waals surface area contributed by atoms with Crippen LogP contribution in [0.15, 0.2) is 48.5 Å². The predicted octanol–water partition coefficient (Wildman–Crippen LogP) is 2.98. The average Bonchev–Trinajstić information content (AvgIpc) is 2.52. The summed E-state index contributed by atoms with van der Waals surface area (Å²) in [7, 11) is 0. The fraction of sp³-hybridized carbons (Fsp3) is 0.176. The van der Waals surface area contributed by atoms with Crippen LogP contribution in [-0.2, 0) is 6.54 Å². The monoisotopic (exact) mass is 315 g/mol. The molecule has 0 fully saturated rings. The Labute approximate surface area is 133 Å². The second-order valence-electron chi connectivity index (χ2n) is 5.02. The standard InChI is InChI=1S/C17H18FN3O2/c1-2-21(11-12-4-3-5-14(18)10-12)16(22)13-6-8-15(9-7-13)20-17(19)23/h3-10H,2,11H2,1H3,(H3,19,20,23). The van der Waals surface area contributed by atoms with E-state index in [1.54, 1.807) is 41.3 Å². The Morgan fingerprint density at radius 3 is 2.43 bits per heavy atom. The summed E-state index contributed by atoms with van der Waals surface area (Å²) in [5.74, 6) is -0.490. The molecule has 2 rings (SSSR count). The smallest absolute Gasteiger partial charge is 0.316 e. The number of hydrogen-bond acceptors (Lipinski definition) is 2. The molecule has 0 atom stereocenters. The fourth-order valence-corrected chi connectivity index (χ4v) is 2.20. The molecule has 0 bridgehead atoms. The van der Waals surface area contributed by atoms with Crippen molar-refractivity contribution in [2.75, 3.05) is 11.9 Å². The molecule has 120 valence electrons. The van der Waals surface area contributed by atoms with Gasteiger partial charge in [0.05, 0.1) is 0 Å². The first-order valence-corrected chi connectivity index (χ1v) is 7.20. The Hall–Kier alpha value is -2.89. The molecule has 2 aromatic rings. The Bertz CT molecular complexity index is 701. The van der Waals surface area contributed by atoms with E-state index in [1.807, 2.05) is 6.92 Å². The summed E-state index contributed by atoms with van der Waals surface area (Å²) in [6.07, 6.45) is 0. The number of anilines is 1. The minimum atomic E-state index is -0.662. The van der Waals surface area contributed by atoms with Gasteiger partial charge in [-0.15, -0.1) is 0 Å². The predicted molar refractivity (Wildman–Crippen MR) is 86.5 cm³/mol. The highest BCUT2D eigenvalue weighted by Crippen LogP contribution is 2.14. The van der Waals surface area contributed by atoms with Gasteiger partial charge in [0.2, 0.25) is 0 Å². The number of amides is 3. The van der Waals surface area contributed by atoms with Gasteiger partial charge in [0, 0.05) is 24.3 Å². The number of rotatable bonds is 5. The summed E-state index contributed by atoms with van der Waals surface area (Å²) in [4.78, 5) is 24.9. The number of halogens is 1. The first kappa shape index (κ1) is 16.5. The maximum atomic E-state index is 13.2. The number of nitrogens with two attached hydrogens (primary N) is 1. The van der Waals surface area contributed by atoms with Crippen LogP contribution in [0.3, 0.4) is 0 Å². The Morgan fingerprint density at radius 1 is 1.17 bits per heavy atom. The number of hydrogen-bond donors (Lipinski definition) is 2. The maximum Gasteiger partial charge on any atom is 0.316 e. The Morgan fingerprint density at radius 2 is 1.87 bits per heavy atom. The van der Waals surface area contributed by atoms with Crippen molar-refractivity contribution < 1.29 is 14.0 Å². The molecule has 0 aliphatic heterocycles. The van der Waals surface area contributed by atoms with Crippen molar-refractivity contribution in [3.63, 3.8) is 0 Å². The Balaban J connectivity index is 2.11. The number of nitrogens with one attached hydrogen (secondary N) is 1. The van der Waals surface area contributed by atoms with Crippen LogP contribution < -0.4 is 11.1 Å². The van der Waals surface area contributed by atoms with E-state index >= 15 is 0 Å². The zero-order chi connectivity index (χ0) is 16.8. The molecular weight excluding hydrogens is 297 g/mol. The van der Waals surface area contributed by atoms with E-state index in [0.29, 0.717) is 24.3 Å². The third kappa shape index (κ3) is 4.54. The van der Waals surface area contributed by atoms with E-state index in [9.17, 15) is 14.0 Å². The molecule has 6 heteroatoms. The van der Waals surface area contributed by atoms with E-state index in [0.717, 1.165) is 5.56 Å². The molecule has 0 spiro atoms. The summed E-state index contributed by atoms with van der Waals surface area (Å²) in [6.45, 7) is 2.69. The molecule has 0 radical (unpaired) electrons. The van der Waals surface area contributed by atoms with Crippen molar-refractivity contribution >= 4 is 17.6 Å². The molecule has 3 amide bonds. The lowest BCUT2D eigenvalue weighted by Crippen LogP contribution is -2.30. The number of nitrogens with zero attached hydrogens (tertiary/aromatic N) is 1. The molecule has 0 unspecified atom stereocenters. The van der Waals surface area contributed by atoms with Crippen molar-refractivity contribution in [3.05, 3.63) is 65.5 Å². The molecule has 0 saturated heterocycles. The second kappa shape index (κ2) is 7.40. The van der Waals surface area contributed by atoms with E-state index < -0.39 is 6.03 Å². The largest absolute Gasteiger partial charge is 0.351 e. The molecule has 0 saturated carbocycles. The zero-order valence-electron chi connectivity index (χ0n) is 12.8. The molecule has 3 N–H and O–H groups in total. The molecule has 0 aliphatic rings. The third-order valence-electron chi connectivity index (χ3n) is 3.33. The molecule has 0 aromatic heterocycles. The van der Waals surface area contributed by atoms with Crippen molar-refractivity contribution in [1.82, 2.24) is 4.90 Å². The van der Waals surface area contributed by atoms with Crippen molar-refractivity contribution in [2.24, 2.45) is 5.73 Å². The van der Waals surface area contributed by atoms with Gasteiger partial charge in [-0.1, -0.05) is 12.1 Å². The summed E-state index contributed by atoms with van der Waals surface area (Å²) in [6, 6.07) is 11.9. The van der Waals surface area contributed by atoms with Gasteiger partial charge in [0.25, 0.3) is 5.91 Å². The van der Waals surface area contributed by atoms with E-state index in [4.69, 9.17) is 5.73 Å². The van der Waals surface area contributed by atoms with Crippen LogP contribution in [0.25, 0.3) is 0 Å². The summed E-state index contributed by atoms with van der Waals surface area (Å²) >= 11 is 0. The zero-order valence-corrected chi connectivity index (χ0v) is 12.8. The van der Waals surface area contributed by atoms with Gasteiger partial charge in [0.1, 0.15) is 5.82 Å². The van der Waals surface area contributed by atoms with Crippen LogP contribution in [0.5, 0.6) is 0 Å². The van der Waals surface area contributed by atoms with Crippen LogP contribution in [0, 0.1) is 5.82 Å². The normalized spacial score (nSPS) is 10.2. The van der Waals surface area contributed by atoms with Gasteiger partial charge in [-0.3, -0.25) is 4.79 Å². The maximum absolute atomic E-state index is 13.2. The lowest BCUT2D eigenvalue weighted by molar-refractivity contribution is 0.0752. The topological polar surface area (TPSA) is 75.4 Å². The van der Waals surface area contributed by atoms with Crippen molar-refractivity contribution in [2.45, 2.75) is 13.5 Å². The number of carbonyl (C=O) groups is 2. The molecule has 5 nitrogen and oxygen atoms in total.